The van der Waals surface area contributed by atoms with E-state index in [1.807, 2.05) is 0 Å². The number of piperidine rings is 1. The Morgan fingerprint density at radius 3 is 2.84 bits per heavy atom. The van der Waals surface area contributed by atoms with E-state index in [1.165, 1.54) is 12.8 Å². The maximum Gasteiger partial charge on any atom is 0.326 e. The lowest BCUT2D eigenvalue weighted by Crippen LogP contribution is -2.60. The summed E-state index contributed by atoms with van der Waals surface area (Å²) in [5.74, 6) is 1.68. The number of rotatable bonds is 4. The Labute approximate surface area is 149 Å². The van der Waals surface area contributed by atoms with Gasteiger partial charge in [-0.1, -0.05) is 27.2 Å². The summed E-state index contributed by atoms with van der Waals surface area (Å²) in [7, 11) is 0. The predicted octanol–water partition coefficient (Wildman–Crippen LogP) is 1.91. The monoisotopic (exact) mass is 350 g/mol. The van der Waals surface area contributed by atoms with Crippen LogP contribution in [0.15, 0.2) is 15.7 Å². The third kappa shape index (κ3) is 4.64. The van der Waals surface area contributed by atoms with E-state index in [1.54, 1.807) is 11.0 Å². The quantitative estimate of drug-likeness (QED) is 0.471. The molecule has 3 atom stereocenters. The first-order valence-corrected chi connectivity index (χ1v) is 9.59. The molecule has 1 saturated heterocycles. The zero-order valence-electron chi connectivity index (χ0n) is 15.6. The van der Waals surface area contributed by atoms with E-state index >= 15 is 0 Å². The van der Waals surface area contributed by atoms with Crippen molar-refractivity contribution in [2.24, 2.45) is 22.7 Å². The Hall–Kier alpha value is -1.79. The molecule has 140 valence electrons. The van der Waals surface area contributed by atoms with E-state index in [0.29, 0.717) is 17.8 Å². The zero-order valence-corrected chi connectivity index (χ0v) is 15.6. The smallest absolute Gasteiger partial charge is 0.326 e. The molecule has 2 aliphatic rings. The summed E-state index contributed by atoms with van der Waals surface area (Å²) in [6, 6.07) is 0. The molecular weight excluding hydrogens is 320 g/mol. The number of hydrogen-bond acceptors (Lipinski definition) is 6. The van der Waals surface area contributed by atoms with Crippen LogP contribution in [0, 0.1) is 17.8 Å². The Bertz CT molecular complexity index is 581. The van der Waals surface area contributed by atoms with Gasteiger partial charge < -0.3 is 9.84 Å². The molecule has 7 heteroatoms. The molecule has 2 fully saturated rings. The maximum absolute atomic E-state index is 12.2. The van der Waals surface area contributed by atoms with Crippen molar-refractivity contribution in [3.8, 4) is 0 Å². The maximum atomic E-state index is 12.2. The Kier molecular flexibility index (Phi) is 5.81. The number of nitrogens with zero attached hydrogens (tertiary/aromatic N) is 4. The molecule has 1 saturated carbocycles. The van der Waals surface area contributed by atoms with Crippen molar-refractivity contribution >= 4 is 12.0 Å². The first kappa shape index (κ1) is 18.0. The molecule has 0 radical (unpaired) electrons. The summed E-state index contributed by atoms with van der Waals surface area (Å²) in [5, 5.41) is 18.3. The SMILES string of the molecule is CC1CCC(C(C)C)C(OC([O-])=Nc2c[n+](N3CCCCC3)no2)C1. The van der Waals surface area contributed by atoms with Crippen LogP contribution >= 0.6 is 0 Å². The van der Waals surface area contributed by atoms with Crippen molar-refractivity contribution in [3.63, 3.8) is 0 Å². The van der Waals surface area contributed by atoms with Crippen LogP contribution in [-0.2, 0) is 4.74 Å². The highest BCUT2D eigenvalue weighted by atomic mass is 16.6. The van der Waals surface area contributed by atoms with Gasteiger partial charge in [0.25, 0.3) is 6.20 Å². The van der Waals surface area contributed by atoms with E-state index in [0.717, 1.165) is 38.8 Å². The summed E-state index contributed by atoms with van der Waals surface area (Å²) in [6.07, 6.45) is 7.76. The van der Waals surface area contributed by atoms with Gasteiger partial charge in [-0.05, 0) is 49.9 Å². The van der Waals surface area contributed by atoms with E-state index < -0.39 is 6.08 Å². The second-order valence-electron chi connectivity index (χ2n) is 7.84. The summed E-state index contributed by atoms with van der Waals surface area (Å²) >= 11 is 0. The first-order valence-electron chi connectivity index (χ1n) is 9.59. The van der Waals surface area contributed by atoms with Crippen LogP contribution in [-0.4, -0.2) is 30.5 Å². The average molecular weight is 350 g/mol. The molecule has 0 N–H and O–H groups in total. The highest BCUT2D eigenvalue weighted by Crippen LogP contribution is 2.35. The van der Waals surface area contributed by atoms with Gasteiger partial charge in [-0.15, -0.1) is 0 Å². The van der Waals surface area contributed by atoms with Crippen molar-refractivity contribution in [1.29, 1.82) is 0 Å². The van der Waals surface area contributed by atoms with Crippen molar-refractivity contribution in [1.82, 2.24) is 5.27 Å². The Morgan fingerprint density at radius 2 is 2.12 bits per heavy atom. The average Bonchev–Trinajstić information content (AvgIpc) is 3.03. The zero-order chi connectivity index (χ0) is 17.8. The van der Waals surface area contributed by atoms with Gasteiger partial charge in [0, 0.05) is 6.10 Å². The van der Waals surface area contributed by atoms with Crippen LogP contribution < -0.4 is 14.9 Å². The van der Waals surface area contributed by atoms with Gasteiger partial charge in [-0.3, -0.25) is 4.52 Å². The lowest BCUT2D eigenvalue weighted by atomic mass is 9.75. The molecular formula is C18H30N4O3. The highest BCUT2D eigenvalue weighted by Gasteiger charge is 2.29. The molecule has 0 spiro atoms. The van der Waals surface area contributed by atoms with Gasteiger partial charge in [-0.25, -0.2) is 0 Å². The van der Waals surface area contributed by atoms with Crippen molar-refractivity contribution in [3.05, 3.63) is 6.20 Å². The first-order chi connectivity index (χ1) is 12.0. The lowest BCUT2D eigenvalue weighted by Gasteiger charge is -2.41. The largest absolute Gasteiger partial charge is 0.596 e. The summed E-state index contributed by atoms with van der Waals surface area (Å²) in [4.78, 5) is 5.59. The molecule has 1 aromatic heterocycles. The molecule has 0 amide bonds. The van der Waals surface area contributed by atoms with Crippen LogP contribution in [0.2, 0.25) is 0 Å². The minimum Gasteiger partial charge on any atom is -0.596 e. The van der Waals surface area contributed by atoms with E-state index in [4.69, 9.17) is 9.26 Å². The molecule has 3 unspecified atom stereocenters. The second-order valence-corrected chi connectivity index (χ2v) is 7.84. The van der Waals surface area contributed by atoms with Gasteiger partial charge in [0.2, 0.25) is 5.27 Å². The highest BCUT2D eigenvalue weighted by molar-refractivity contribution is 5.65. The molecule has 1 aliphatic heterocycles. The predicted molar refractivity (Wildman–Crippen MR) is 91.8 cm³/mol. The van der Waals surface area contributed by atoms with Crippen LogP contribution in [0.4, 0.5) is 5.88 Å². The Morgan fingerprint density at radius 1 is 1.36 bits per heavy atom. The van der Waals surface area contributed by atoms with Crippen molar-refractivity contribution in [2.75, 3.05) is 18.1 Å². The standard InChI is InChI=1S/C18H30N4O3/c1-13(2)15-8-7-14(3)11-16(15)24-18(23)19-17-12-22(20-25-17)21-9-5-4-6-10-21/h12-16H,4-11H2,1-3H3. The van der Waals surface area contributed by atoms with Gasteiger partial charge in [0.1, 0.15) is 0 Å². The van der Waals surface area contributed by atoms with E-state index in [2.05, 4.69) is 36.0 Å². The number of aromatic nitrogens is 2. The third-order valence-electron chi connectivity index (χ3n) is 5.48. The van der Waals surface area contributed by atoms with Gasteiger partial charge in [0.05, 0.1) is 17.9 Å². The van der Waals surface area contributed by atoms with Crippen LogP contribution in [0.5, 0.6) is 0 Å². The van der Waals surface area contributed by atoms with Gasteiger partial charge in [0.15, 0.2) is 6.08 Å². The molecule has 25 heavy (non-hydrogen) atoms. The van der Waals surface area contributed by atoms with Gasteiger partial charge >= 0.3 is 5.88 Å². The minimum atomic E-state index is -0.577. The lowest BCUT2D eigenvalue weighted by molar-refractivity contribution is -0.759. The molecule has 0 bridgehead atoms. The summed E-state index contributed by atoms with van der Waals surface area (Å²) in [5.41, 5.74) is 0. The third-order valence-corrected chi connectivity index (χ3v) is 5.48. The topological polar surface area (TPSA) is 77.8 Å². The molecule has 1 aliphatic carbocycles. The summed E-state index contributed by atoms with van der Waals surface area (Å²) < 4.78 is 10.9. The number of aliphatic imine (C=N–C) groups is 1. The van der Waals surface area contributed by atoms with Crippen LogP contribution in [0.25, 0.3) is 0 Å². The normalized spacial score (nSPS) is 28.4. The molecule has 2 heterocycles. The van der Waals surface area contributed by atoms with E-state index in [9.17, 15) is 5.11 Å². The molecule has 1 aromatic rings. The van der Waals surface area contributed by atoms with Crippen molar-refractivity contribution < 1.29 is 19.2 Å². The molecule has 3 rings (SSSR count). The number of ether oxygens (including phenoxy) is 1. The van der Waals surface area contributed by atoms with Crippen LogP contribution in [0.3, 0.4) is 0 Å². The fraction of sp³-hybridized carbons (Fsp3) is 0.833. The van der Waals surface area contributed by atoms with E-state index in [-0.39, 0.29) is 12.0 Å². The molecule has 0 aromatic carbocycles. The fourth-order valence-corrected chi connectivity index (χ4v) is 3.99. The van der Waals surface area contributed by atoms with Crippen molar-refractivity contribution in [2.45, 2.75) is 65.4 Å². The van der Waals surface area contributed by atoms with Gasteiger partial charge in [-0.2, -0.15) is 10.0 Å². The fourth-order valence-electron chi connectivity index (χ4n) is 3.99. The minimum absolute atomic E-state index is 0.0582. The van der Waals surface area contributed by atoms with Crippen LogP contribution in [0.1, 0.15) is 59.3 Å². The second kappa shape index (κ2) is 8.06. The Balaban J connectivity index is 1.63. The summed E-state index contributed by atoms with van der Waals surface area (Å²) in [6.45, 7) is 8.48. The molecule has 7 nitrogen and oxygen atoms in total. The number of hydrogen-bond donors (Lipinski definition) is 0.